The number of halogens is 3. The van der Waals surface area contributed by atoms with Gasteiger partial charge < -0.3 is 9.47 Å². The predicted octanol–water partition coefficient (Wildman–Crippen LogP) is 5.25. The van der Waals surface area contributed by atoms with E-state index < -0.39 is 6.43 Å². The molecule has 0 aliphatic heterocycles. The number of alkyl halides is 2. The molecule has 0 bridgehead atoms. The molecule has 1 heterocycles. The quantitative estimate of drug-likeness (QED) is 0.637. The van der Waals surface area contributed by atoms with Crippen LogP contribution in [0.15, 0.2) is 22.7 Å². The lowest BCUT2D eigenvalue weighted by Gasteiger charge is -2.11. The maximum absolute atomic E-state index is 12.7. The van der Waals surface area contributed by atoms with Crippen LogP contribution in [0.1, 0.15) is 37.1 Å². The Hall–Kier alpha value is -1.60. The maximum Gasteiger partial charge on any atom is 0.310 e. The SMILES string of the molecule is CC.COC.COC(=O)Cc1c(C)cc2nc(C(F)F)ccc2c1Br. The van der Waals surface area contributed by atoms with Crippen molar-refractivity contribution in [1.82, 2.24) is 4.98 Å². The fourth-order valence-electron chi connectivity index (χ4n) is 1.97. The number of aryl methyl sites for hydroxylation is 1. The lowest BCUT2D eigenvalue weighted by molar-refractivity contribution is -0.139. The summed E-state index contributed by atoms with van der Waals surface area (Å²) in [6, 6.07) is 4.56. The smallest absolute Gasteiger partial charge is 0.310 e. The number of nitrogens with zero attached hydrogens (tertiary/aromatic N) is 1. The molecule has 0 fully saturated rings. The summed E-state index contributed by atoms with van der Waals surface area (Å²) in [5.41, 5.74) is 1.79. The zero-order valence-electron chi connectivity index (χ0n) is 15.3. The van der Waals surface area contributed by atoms with E-state index in [0.717, 1.165) is 11.1 Å². The van der Waals surface area contributed by atoms with Crippen LogP contribution < -0.4 is 0 Å². The number of fused-ring (bicyclic) bond motifs is 1. The molecule has 0 unspecified atom stereocenters. The van der Waals surface area contributed by atoms with Crippen LogP contribution in [-0.4, -0.2) is 32.3 Å². The summed E-state index contributed by atoms with van der Waals surface area (Å²) >= 11 is 3.42. The van der Waals surface area contributed by atoms with E-state index in [1.807, 2.05) is 13.8 Å². The normalized spacial score (nSPS) is 9.84. The summed E-state index contributed by atoms with van der Waals surface area (Å²) < 4.78 is 34.9. The molecule has 0 saturated heterocycles. The number of ether oxygens (including phenoxy) is 2. The zero-order chi connectivity index (χ0) is 19.6. The summed E-state index contributed by atoms with van der Waals surface area (Å²) in [6.07, 6.45) is -2.48. The van der Waals surface area contributed by atoms with E-state index in [0.29, 0.717) is 15.4 Å². The molecule has 0 spiro atoms. The number of benzene rings is 1. The van der Waals surface area contributed by atoms with Crippen molar-refractivity contribution in [1.29, 1.82) is 0 Å². The average molecular weight is 420 g/mol. The molecule has 1 aromatic heterocycles. The first kappa shape index (κ1) is 23.4. The molecule has 25 heavy (non-hydrogen) atoms. The Morgan fingerprint density at radius 1 is 1.24 bits per heavy atom. The van der Waals surface area contributed by atoms with Gasteiger partial charge in [0.1, 0.15) is 5.69 Å². The van der Waals surface area contributed by atoms with Gasteiger partial charge in [-0.05, 0) is 52.2 Å². The molecule has 0 aliphatic carbocycles. The van der Waals surface area contributed by atoms with E-state index in [1.54, 1.807) is 33.3 Å². The first-order valence-corrected chi connectivity index (χ1v) is 8.48. The van der Waals surface area contributed by atoms with Crippen molar-refractivity contribution < 1.29 is 23.0 Å². The minimum Gasteiger partial charge on any atom is -0.469 e. The fraction of sp³-hybridized carbons (Fsp3) is 0.444. The van der Waals surface area contributed by atoms with Crippen molar-refractivity contribution in [2.45, 2.75) is 33.6 Å². The van der Waals surface area contributed by atoms with Gasteiger partial charge in [-0.3, -0.25) is 4.79 Å². The van der Waals surface area contributed by atoms with Gasteiger partial charge >= 0.3 is 5.97 Å². The maximum atomic E-state index is 12.7. The number of methoxy groups -OCH3 is 2. The lowest BCUT2D eigenvalue weighted by Crippen LogP contribution is -2.07. The van der Waals surface area contributed by atoms with Gasteiger partial charge in [-0.25, -0.2) is 13.8 Å². The Kier molecular flexibility index (Phi) is 11.1. The highest BCUT2D eigenvalue weighted by Crippen LogP contribution is 2.31. The third-order valence-corrected chi connectivity index (χ3v) is 3.96. The largest absolute Gasteiger partial charge is 0.469 e. The van der Waals surface area contributed by atoms with Gasteiger partial charge in [-0.1, -0.05) is 13.8 Å². The third kappa shape index (κ3) is 6.66. The van der Waals surface area contributed by atoms with Gasteiger partial charge in [0.2, 0.25) is 0 Å². The van der Waals surface area contributed by atoms with Gasteiger partial charge in [0.05, 0.1) is 19.0 Å². The Labute approximate surface area is 155 Å². The first-order valence-electron chi connectivity index (χ1n) is 7.69. The molecule has 4 nitrogen and oxygen atoms in total. The van der Waals surface area contributed by atoms with E-state index in [2.05, 4.69) is 30.4 Å². The minimum atomic E-state index is -2.60. The van der Waals surface area contributed by atoms with Gasteiger partial charge in [0.15, 0.2) is 0 Å². The first-order chi connectivity index (χ1) is 11.8. The van der Waals surface area contributed by atoms with Crippen molar-refractivity contribution in [3.05, 3.63) is 39.5 Å². The number of rotatable bonds is 3. The molecule has 2 aromatic rings. The molecule has 0 saturated carbocycles. The molecule has 0 atom stereocenters. The summed E-state index contributed by atoms with van der Waals surface area (Å²) in [5, 5.41) is 0.693. The zero-order valence-corrected chi connectivity index (χ0v) is 16.9. The topological polar surface area (TPSA) is 48.4 Å². The van der Waals surface area contributed by atoms with Gasteiger partial charge in [0.25, 0.3) is 6.43 Å². The standard InChI is InChI=1S/C14H12BrF2NO2.C2H6O.C2H6/c1-7-5-11-8(3-4-10(18-11)14(16)17)13(15)9(7)6-12(19)20-2;1-3-2;1-2/h3-5,14H,6H2,1-2H3;1-2H3;1-2H3. The van der Waals surface area contributed by atoms with Crippen molar-refractivity contribution in [3.8, 4) is 0 Å². The number of esters is 1. The number of hydrogen-bond donors (Lipinski definition) is 0. The number of aromatic nitrogens is 1. The van der Waals surface area contributed by atoms with Gasteiger partial charge in [-0.15, -0.1) is 0 Å². The van der Waals surface area contributed by atoms with E-state index in [4.69, 9.17) is 0 Å². The van der Waals surface area contributed by atoms with Crippen LogP contribution in [0, 0.1) is 6.92 Å². The second-order valence-corrected chi connectivity index (χ2v) is 5.54. The Balaban J connectivity index is 0.00000104. The average Bonchev–Trinajstić information content (AvgIpc) is 2.60. The highest BCUT2D eigenvalue weighted by atomic mass is 79.9. The fourth-order valence-corrected chi connectivity index (χ4v) is 2.76. The van der Waals surface area contributed by atoms with Crippen molar-refractivity contribution >= 4 is 32.8 Å². The molecule has 140 valence electrons. The Morgan fingerprint density at radius 3 is 2.28 bits per heavy atom. The van der Waals surface area contributed by atoms with Crippen LogP contribution >= 0.6 is 15.9 Å². The van der Waals surface area contributed by atoms with Crippen molar-refractivity contribution in [2.75, 3.05) is 21.3 Å². The van der Waals surface area contributed by atoms with E-state index in [-0.39, 0.29) is 18.1 Å². The predicted molar refractivity (Wildman–Crippen MR) is 99.1 cm³/mol. The lowest BCUT2D eigenvalue weighted by atomic mass is 10.0. The molecule has 0 N–H and O–H groups in total. The molecule has 2 rings (SSSR count). The highest BCUT2D eigenvalue weighted by Gasteiger charge is 2.16. The van der Waals surface area contributed by atoms with Crippen molar-refractivity contribution in [2.24, 2.45) is 0 Å². The second kappa shape index (κ2) is 11.9. The minimum absolute atomic E-state index is 0.120. The Morgan fingerprint density at radius 2 is 1.80 bits per heavy atom. The van der Waals surface area contributed by atoms with Gasteiger partial charge in [-0.2, -0.15) is 0 Å². The van der Waals surface area contributed by atoms with Crippen LogP contribution in [0.4, 0.5) is 8.78 Å². The number of carbonyl (C=O) groups is 1. The molecule has 7 heteroatoms. The van der Waals surface area contributed by atoms with E-state index >= 15 is 0 Å². The van der Waals surface area contributed by atoms with Crippen LogP contribution in [0.5, 0.6) is 0 Å². The molecule has 0 radical (unpaired) electrons. The molecule has 0 aliphatic rings. The monoisotopic (exact) mass is 419 g/mol. The van der Waals surface area contributed by atoms with E-state index in [1.165, 1.54) is 13.2 Å². The molecular weight excluding hydrogens is 396 g/mol. The van der Waals surface area contributed by atoms with Crippen LogP contribution in [0.2, 0.25) is 0 Å². The highest BCUT2D eigenvalue weighted by molar-refractivity contribution is 9.10. The van der Waals surface area contributed by atoms with Crippen molar-refractivity contribution in [3.63, 3.8) is 0 Å². The summed E-state index contributed by atoms with van der Waals surface area (Å²) in [5.74, 6) is -0.356. The summed E-state index contributed by atoms with van der Waals surface area (Å²) in [7, 11) is 4.57. The summed E-state index contributed by atoms with van der Waals surface area (Å²) in [6.45, 7) is 5.80. The molecule has 1 aromatic carbocycles. The van der Waals surface area contributed by atoms with Crippen LogP contribution in [0.3, 0.4) is 0 Å². The number of pyridine rings is 1. The molecule has 0 amide bonds. The molecular formula is C18H24BrF2NO3. The summed E-state index contributed by atoms with van der Waals surface area (Å²) in [4.78, 5) is 15.3. The second-order valence-electron chi connectivity index (χ2n) is 4.75. The van der Waals surface area contributed by atoms with Crippen LogP contribution in [0.25, 0.3) is 10.9 Å². The number of hydrogen-bond acceptors (Lipinski definition) is 4. The van der Waals surface area contributed by atoms with E-state index in [9.17, 15) is 13.6 Å². The third-order valence-electron chi connectivity index (χ3n) is 3.05. The Bertz CT molecular complexity index is 694. The van der Waals surface area contributed by atoms with Gasteiger partial charge in [0, 0.05) is 24.1 Å². The van der Waals surface area contributed by atoms with Crippen LogP contribution in [-0.2, 0) is 20.7 Å². The number of carbonyl (C=O) groups excluding carboxylic acids is 1.